The highest BCUT2D eigenvalue weighted by Gasteiger charge is 2.24. The molecule has 2 heterocycles. The SMILES string of the molecule is Nc1c(C(=O)c2ccc(Cl)cc2)sc2nnc(-c3ccccc3)c(-c3ccccc3)c12. The predicted molar refractivity (Wildman–Crippen MR) is 128 cm³/mol. The fourth-order valence-corrected chi connectivity index (χ4v) is 4.73. The molecule has 2 N–H and O–H groups in total. The van der Waals surface area contributed by atoms with Crippen LogP contribution in [0.25, 0.3) is 32.6 Å². The summed E-state index contributed by atoms with van der Waals surface area (Å²) in [6.45, 7) is 0. The minimum Gasteiger partial charge on any atom is -0.397 e. The third-order valence-corrected chi connectivity index (χ3v) is 6.42. The third-order valence-electron chi connectivity index (χ3n) is 5.08. The zero-order chi connectivity index (χ0) is 21.4. The molecule has 6 heteroatoms. The van der Waals surface area contributed by atoms with Crippen LogP contribution in [-0.2, 0) is 0 Å². The molecule has 0 saturated heterocycles. The number of carbonyl (C=O) groups is 1. The number of benzene rings is 3. The normalized spacial score (nSPS) is 11.0. The van der Waals surface area contributed by atoms with Crippen LogP contribution in [0.5, 0.6) is 0 Å². The van der Waals surface area contributed by atoms with Gasteiger partial charge in [-0.15, -0.1) is 21.5 Å². The number of nitrogen functional groups attached to an aromatic ring is 1. The summed E-state index contributed by atoms with van der Waals surface area (Å²) in [4.78, 5) is 14.3. The summed E-state index contributed by atoms with van der Waals surface area (Å²) in [5, 5.41) is 10.3. The second kappa shape index (κ2) is 7.95. The molecule has 2 aromatic heterocycles. The maximum atomic E-state index is 13.2. The highest BCUT2D eigenvalue weighted by atomic mass is 35.5. The summed E-state index contributed by atoms with van der Waals surface area (Å²) >= 11 is 7.23. The van der Waals surface area contributed by atoms with Crippen molar-refractivity contribution in [2.24, 2.45) is 0 Å². The molecule has 0 saturated carbocycles. The Morgan fingerprint density at radius 3 is 2.06 bits per heavy atom. The Bertz CT molecular complexity index is 1400. The molecular formula is C25H16ClN3OS. The van der Waals surface area contributed by atoms with Crippen LogP contribution >= 0.6 is 22.9 Å². The number of ketones is 1. The van der Waals surface area contributed by atoms with Crippen LogP contribution < -0.4 is 5.73 Å². The van der Waals surface area contributed by atoms with E-state index in [0.29, 0.717) is 26.0 Å². The van der Waals surface area contributed by atoms with Crippen LogP contribution in [0.3, 0.4) is 0 Å². The van der Waals surface area contributed by atoms with E-state index in [1.807, 2.05) is 60.7 Å². The number of nitrogens with two attached hydrogens (primary N) is 1. The standard InChI is InChI=1S/C25H16ClN3OS/c26-18-13-11-17(12-14-18)23(30)24-21(27)20-19(15-7-3-1-4-8-15)22(28-29-25(20)31-24)16-9-5-2-6-10-16/h1-14H,27H2. The molecule has 4 nitrogen and oxygen atoms in total. The number of hydrogen-bond donors (Lipinski definition) is 1. The van der Waals surface area contributed by atoms with E-state index in [4.69, 9.17) is 17.3 Å². The molecule has 0 unspecified atom stereocenters. The average molecular weight is 442 g/mol. The summed E-state index contributed by atoms with van der Waals surface area (Å²) in [5.74, 6) is -0.155. The summed E-state index contributed by atoms with van der Waals surface area (Å²) in [7, 11) is 0. The molecule has 0 fully saturated rings. The molecule has 150 valence electrons. The largest absolute Gasteiger partial charge is 0.397 e. The van der Waals surface area contributed by atoms with Crippen molar-refractivity contribution < 1.29 is 4.79 Å². The molecule has 0 atom stereocenters. The number of hydrogen-bond acceptors (Lipinski definition) is 5. The fraction of sp³-hybridized carbons (Fsp3) is 0. The van der Waals surface area contributed by atoms with Gasteiger partial charge in [-0.25, -0.2) is 0 Å². The number of halogens is 1. The summed E-state index contributed by atoms with van der Waals surface area (Å²) < 4.78 is 0. The lowest BCUT2D eigenvalue weighted by Gasteiger charge is -2.11. The third kappa shape index (κ3) is 3.48. The molecule has 5 rings (SSSR count). The van der Waals surface area contributed by atoms with Gasteiger partial charge in [-0.3, -0.25) is 4.79 Å². The van der Waals surface area contributed by atoms with Crippen LogP contribution in [0, 0.1) is 0 Å². The van der Waals surface area contributed by atoms with Crippen molar-refractivity contribution in [3.8, 4) is 22.4 Å². The van der Waals surface area contributed by atoms with Gasteiger partial charge in [0.2, 0.25) is 5.78 Å². The lowest BCUT2D eigenvalue weighted by atomic mass is 9.96. The van der Waals surface area contributed by atoms with Crippen LogP contribution in [0.2, 0.25) is 5.02 Å². The van der Waals surface area contributed by atoms with Crippen LogP contribution in [0.1, 0.15) is 15.2 Å². The highest BCUT2D eigenvalue weighted by molar-refractivity contribution is 7.21. The minimum atomic E-state index is -0.155. The summed E-state index contributed by atoms with van der Waals surface area (Å²) in [6, 6.07) is 26.6. The first kappa shape index (κ1) is 19.4. The average Bonchev–Trinajstić information content (AvgIpc) is 3.16. The number of carbonyl (C=O) groups excluding carboxylic acids is 1. The minimum absolute atomic E-state index is 0.155. The van der Waals surface area contributed by atoms with Crippen molar-refractivity contribution in [3.05, 3.63) is 100 Å². The van der Waals surface area contributed by atoms with Crippen LogP contribution in [0.4, 0.5) is 5.69 Å². The van der Waals surface area contributed by atoms with Gasteiger partial charge in [0.1, 0.15) is 15.4 Å². The van der Waals surface area contributed by atoms with Gasteiger partial charge in [-0.1, -0.05) is 72.3 Å². The van der Waals surface area contributed by atoms with E-state index in [-0.39, 0.29) is 5.78 Å². The molecule has 31 heavy (non-hydrogen) atoms. The molecular weight excluding hydrogens is 426 g/mol. The zero-order valence-electron chi connectivity index (χ0n) is 16.2. The maximum Gasteiger partial charge on any atom is 0.205 e. The van der Waals surface area contributed by atoms with E-state index >= 15 is 0 Å². The van der Waals surface area contributed by atoms with Gasteiger partial charge >= 0.3 is 0 Å². The quantitative estimate of drug-likeness (QED) is 0.323. The monoisotopic (exact) mass is 441 g/mol. The number of anilines is 1. The summed E-state index contributed by atoms with van der Waals surface area (Å²) in [5.41, 5.74) is 11.1. The predicted octanol–water partition coefficient (Wildman–Crippen LogP) is 6.49. The van der Waals surface area contributed by atoms with Gasteiger partial charge < -0.3 is 5.73 Å². The zero-order valence-corrected chi connectivity index (χ0v) is 17.8. The van der Waals surface area contributed by atoms with Crippen molar-refractivity contribution in [2.75, 3.05) is 5.73 Å². The number of thiophene rings is 1. The van der Waals surface area contributed by atoms with Gasteiger partial charge in [0.05, 0.1) is 5.69 Å². The van der Waals surface area contributed by atoms with Gasteiger partial charge in [-0.2, -0.15) is 0 Å². The highest BCUT2D eigenvalue weighted by Crippen LogP contribution is 2.43. The topological polar surface area (TPSA) is 68.9 Å². The Balaban J connectivity index is 1.77. The molecule has 0 aliphatic carbocycles. The molecule has 0 bridgehead atoms. The Morgan fingerprint density at radius 2 is 1.42 bits per heavy atom. The van der Waals surface area contributed by atoms with E-state index in [2.05, 4.69) is 10.2 Å². The fourth-order valence-electron chi connectivity index (χ4n) is 3.59. The van der Waals surface area contributed by atoms with E-state index in [1.165, 1.54) is 11.3 Å². The van der Waals surface area contributed by atoms with Crippen molar-refractivity contribution in [1.82, 2.24) is 10.2 Å². The van der Waals surface area contributed by atoms with Crippen LogP contribution in [0.15, 0.2) is 84.9 Å². The molecule has 5 aromatic rings. The van der Waals surface area contributed by atoms with Gasteiger partial charge in [0.15, 0.2) is 0 Å². The Hall–Kier alpha value is -3.54. The van der Waals surface area contributed by atoms with Crippen molar-refractivity contribution >= 4 is 44.6 Å². The van der Waals surface area contributed by atoms with Crippen molar-refractivity contribution in [3.63, 3.8) is 0 Å². The maximum absolute atomic E-state index is 13.2. The number of aromatic nitrogens is 2. The Labute approximate surface area is 188 Å². The van der Waals surface area contributed by atoms with Gasteiger partial charge in [0, 0.05) is 27.1 Å². The van der Waals surface area contributed by atoms with E-state index in [0.717, 1.165) is 27.8 Å². The van der Waals surface area contributed by atoms with Gasteiger partial charge in [0.25, 0.3) is 0 Å². The number of rotatable bonds is 4. The molecule has 0 aliphatic heterocycles. The first-order valence-electron chi connectivity index (χ1n) is 9.63. The smallest absolute Gasteiger partial charge is 0.205 e. The van der Waals surface area contributed by atoms with Gasteiger partial charge in [-0.05, 0) is 29.8 Å². The Kier molecular flexibility index (Phi) is 4.98. The van der Waals surface area contributed by atoms with Crippen molar-refractivity contribution in [2.45, 2.75) is 0 Å². The van der Waals surface area contributed by atoms with E-state index in [1.54, 1.807) is 24.3 Å². The second-order valence-electron chi connectivity index (χ2n) is 7.02. The molecule has 0 amide bonds. The second-order valence-corrected chi connectivity index (χ2v) is 8.45. The lowest BCUT2D eigenvalue weighted by molar-refractivity contribution is 0.104. The number of fused-ring (bicyclic) bond motifs is 1. The first-order chi connectivity index (χ1) is 15.1. The lowest BCUT2D eigenvalue weighted by Crippen LogP contribution is -2.02. The summed E-state index contributed by atoms with van der Waals surface area (Å²) in [6.07, 6.45) is 0. The molecule has 0 aliphatic rings. The molecule has 0 radical (unpaired) electrons. The first-order valence-corrected chi connectivity index (χ1v) is 10.8. The number of nitrogens with zero attached hydrogens (tertiary/aromatic N) is 2. The molecule has 0 spiro atoms. The van der Waals surface area contributed by atoms with Crippen molar-refractivity contribution in [1.29, 1.82) is 0 Å². The molecule has 3 aromatic carbocycles. The van der Waals surface area contributed by atoms with Crippen LogP contribution in [-0.4, -0.2) is 16.0 Å². The van der Waals surface area contributed by atoms with E-state index < -0.39 is 0 Å². The van der Waals surface area contributed by atoms with E-state index in [9.17, 15) is 4.79 Å². The Morgan fingerprint density at radius 1 is 0.806 bits per heavy atom.